The molecular formula is C11H20N2. The van der Waals surface area contributed by atoms with Crippen molar-refractivity contribution in [2.75, 3.05) is 0 Å². The predicted octanol–water partition coefficient (Wildman–Crippen LogP) is 2.84. The van der Waals surface area contributed by atoms with E-state index in [9.17, 15) is 0 Å². The van der Waals surface area contributed by atoms with Crippen molar-refractivity contribution in [3.8, 4) is 0 Å². The molecule has 0 fully saturated rings. The van der Waals surface area contributed by atoms with E-state index in [1.54, 1.807) is 0 Å². The molecule has 0 amide bonds. The van der Waals surface area contributed by atoms with E-state index >= 15 is 0 Å². The van der Waals surface area contributed by atoms with Gasteiger partial charge in [-0.05, 0) is 23.8 Å². The fourth-order valence-electron chi connectivity index (χ4n) is 1.20. The highest BCUT2D eigenvalue weighted by atomic mass is 15.3. The van der Waals surface area contributed by atoms with E-state index in [0.717, 1.165) is 6.54 Å². The largest absolute Gasteiger partial charge is 0.273 e. The highest BCUT2D eigenvalue weighted by molar-refractivity contribution is 5.17. The van der Waals surface area contributed by atoms with Gasteiger partial charge in [-0.15, -0.1) is 0 Å². The van der Waals surface area contributed by atoms with Gasteiger partial charge in [-0.2, -0.15) is 5.10 Å². The van der Waals surface area contributed by atoms with Gasteiger partial charge >= 0.3 is 0 Å². The van der Waals surface area contributed by atoms with Gasteiger partial charge in [0.05, 0.1) is 6.20 Å². The first-order valence-electron chi connectivity index (χ1n) is 5.01. The summed E-state index contributed by atoms with van der Waals surface area (Å²) >= 11 is 0. The lowest BCUT2D eigenvalue weighted by atomic mass is 9.77. The molecule has 0 atom stereocenters. The van der Waals surface area contributed by atoms with Crippen LogP contribution in [-0.4, -0.2) is 9.78 Å². The van der Waals surface area contributed by atoms with Crippen molar-refractivity contribution < 1.29 is 0 Å². The molecule has 0 aliphatic heterocycles. The molecule has 0 saturated heterocycles. The van der Waals surface area contributed by atoms with E-state index in [1.165, 1.54) is 5.56 Å². The molecule has 0 aliphatic rings. The van der Waals surface area contributed by atoms with Crippen LogP contribution >= 0.6 is 0 Å². The smallest absolute Gasteiger partial charge is 0.0527 e. The Balaban J connectivity index is 2.93. The van der Waals surface area contributed by atoms with E-state index in [0.29, 0.717) is 5.92 Å². The zero-order valence-corrected chi connectivity index (χ0v) is 9.33. The summed E-state index contributed by atoms with van der Waals surface area (Å²) in [6.07, 6.45) is 4.14. The van der Waals surface area contributed by atoms with Crippen molar-refractivity contribution in [1.29, 1.82) is 0 Å². The fourth-order valence-corrected chi connectivity index (χ4v) is 1.20. The van der Waals surface area contributed by atoms with Crippen LogP contribution in [0.5, 0.6) is 0 Å². The second kappa shape index (κ2) is 3.52. The molecule has 1 aromatic heterocycles. The van der Waals surface area contributed by atoms with Crippen LogP contribution < -0.4 is 0 Å². The molecule has 0 aliphatic carbocycles. The van der Waals surface area contributed by atoms with Crippen LogP contribution in [0, 0.1) is 5.92 Å². The summed E-state index contributed by atoms with van der Waals surface area (Å²) in [5.41, 5.74) is 1.57. The van der Waals surface area contributed by atoms with Crippen LogP contribution in [0.15, 0.2) is 12.4 Å². The summed E-state index contributed by atoms with van der Waals surface area (Å²) < 4.78 is 1.99. The summed E-state index contributed by atoms with van der Waals surface area (Å²) in [6, 6.07) is 0. The summed E-state index contributed by atoms with van der Waals surface area (Å²) in [5.74, 6) is 0.641. The van der Waals surface area contributed by atoms with Gasteiger partial charge in [-0.1, -0.05) is 27.7 Å². The highest BCUT2D eigenvalue weighted by Crippen LogP contribution is 2.30. The molecule has 2 nitrogen and oxygen atoms in total. The van der Waals surface area contributed by atoms with E-state index in [1.807, 2.05) is 10.9 Å². The number of nitrogens with zero attached hydrogens (tertiary/aromatic N) is 2. The maximum absolute atomic E-state index is 4.30. The van der Waals surface area contributed by atoms with Crippen molar-refractivity contribution in [2.24, 2.45) is 5.92 Å². The Bertz CT molecular complexity index is 271. The van der Waals surface area contributed by atoms with Crippen LogP contribution in [0.4, 0.5) is 0 Å². The highest BCUT2D eigenvalue weighted by Gasteiger charge is 2.25. The van der Waals surface area contributed by atoms with Gasteiger partial charge in [-0.3, -0.25) is 4.68 Å². The second-order valence-corrected chi connectivity index (χ2v) is 4.46. The maximum Gasteiger partial charge on any atom is 0.0527 e. The molecule has 0 spiro atoms. The first-order chi connectivity index (χ1) is 5.98. The third-order valence-electron chi connectivity index (χ3n) is 3.14. The third-order valence-corrected chi connectivity index (χ3v) is 3.14. The number of aryl methyl sites for hydroxylation is 1. The molecule has 1 aromatic rings. The van der Waals surface area contributed by atoms with Crippen molar-refractivity contribution in [2.45, 2.75) is 46.6 Å². The molecule has 0 N–H and O–H groups in total. The van der Waals surface area contributed by atoms with E-state index in [2.05, 4.69) is 45.9 Å². The minimum atomic E-state index is 0.230. The number of hydrogen-bond acceptors (Lipinski definition) is 1. The first-order valence-corrected chi connectivity index (χ1v) is 5.01. The number of rotatable bonds is 3. The Morgan fingerprint density at radius 3 is 2.46 bits per heavy atom. The standard InChI is InChI=1S/C11H20N2/c1-6-13-8-10(7-12-13)11(4,5)9(2)3/h7-9H,6H2,1-5H3. The molecule has 2 heteroatoms. The topological polar surface area (TPSA) is 17.8 Å². The van der Waals surface area contributed by atoms with Crippen LogP contribution in [0.3, 0.4) is 0 Å². The van der Waals surface area contributed by atoms with Crippen molar-refractivity contribution >= 4 is 0 Å². The molecular weight excluding hydrogens is 160 g/mol. The quantitative estimate of drug-likeness (QED) is 0.699. The molecule has 0 saturated carbocycles. The minimum absolute atomic E-state index is 0.230. The summed E-state index contributed by atoms with van der Waals surface area (Å²) in [7, 11) is 0. The molecule has 1 heterocycles. The Morgan fingerprint density at radius 1 is 1.46 bits per heavy atom. The monoisotopic (exact) mass is 180 g/mol. The van der Waals surface area contributed by atoms with Gasteiger partial charge in [0.15, 0.2) is 0 Å². The molecule has 74 valence electrons. The average molecular weight is 180 g/mol. The van der Waals surface area contributed by atoms with E-state index in [4.69, 9.17) is 0 Å². The molecule has 0 unspecified atom stereocenters. The lowest BCUT2D eigenvalue weighted by Gasteiger charge is -2.27. The Hall–Kier alpha value is -0.790. The second-order valence-electron chi connectivity index (χ2n) is 4.46. The summed E-state index contributed by atoms with van der Waals surface area (Å²) in [6.45, 7) is 12.1. The van der Waals surface area contributed by atoms with Crippen molar-refractivity contribution in [1.82, 2.24) is 9.78 Å². The van der Waals surface area contributed by atoms with Gasteiger partial charge in [-0.25, -0.2) is 0 Å². The normalized spacial score (nSPS) is 12.5. The Kier molecular flexibility index (Phi) is 2.79. The summed E-state index contributed by atoms with van der Waals surface area (Å²) in [5, 5.41) is 4.30. The Morgan fingerprint density at radius 2 is 2.08 bits per heavy atom. The van der Waals surface area contributed by atoms with Crippen LogP contribution in [0.2, 0.25) is 0 Å². The Labute approximate surface area is 81.0 Å². The van der Waals surface area contributed by atoms with Gasteiger partial charge in [0.2, 0.25) is 0 Å². The van der Waals surface area contributed by atoms with Gasteiger partial charge in [0.1, 0.15) is 0 Å². The zero-order chi connectivity index (χ0) is 10.1. The SMILES string of the molecule is CCn1cc(C(C)(C)C(C)C)cn1. The van der Waals surface area contributed by atoms with Crippen LogP contribution in [0.25, 0.3) is 0 Å². The van der Waals surface area contributed by atoms with E-state index in [-0.39, 0.29) is 5.41 Å². The summed E-state index contributed by atoms with van der Waals surface area (Å²) in [4.78, 5) is 0. The molecule has 13 heavy (non-hydrogen) atoms. The van der Waals surface area contributed by atoms with Crippen molar-refractivity contribution in [3.63, 3.8) is 0 Å². The number of aromatic nitrogens is 2. The molecule has 1 rings (SSSR count). The predicted molar refractivity (Wildman–Crippen MR) is 55.8 cm³/mol. The third kappa shape index (κ3) is 1.93. The fraction of sp³-hybridized carbons (Fsp3) is 0.727. The zero-order valence-electron chi connectivity index (χ0n) is 9.33. The van der Waals surface area contributed by atoms with E-state index < -0.39 is 0 Å². The van der Waals surface area contributed by atoms with Crippen LogP contribution in [-0.2, 0) is 12.0 Å². The lowest BCUT2D eigenvalue weighted by molar-refractivity contribution is 0.372. The molecule has 0 bridgehead atoms. The lowest BCUT2D eigenvalue weighted by Crippen LogP contribution is -2.23. The minimum Gasteiger partial charge on any atom is -0.273 e. The molecule has 0 aromatic carbocycles. The average Bonchev–Trinajstić information content (AvgIpc) is 2.51. The maximum atomic E-state index is 4.30. The molecule has 0 radical (unpaired) electrons. The van der Waals surface area contributed by atoms with Gasteiger partial charge in [0, 0.05) is 12.7 Å². The van der Waals surface area contributed by atoms with Gasteiger partial charge in [0.25, 0.3) is 0 Å². The van der Waals surface area contributed by atoms with Crippen LogP contribution in [0.1, 0.15) is 40.2 Å². The first kappa shape index (κ1) is 10.3. The van der Waals surface area contributed by atoms with Crippen molar-refractivity contribution in [3.05, 3.63) is 18.0 Å². The van der Waals surface area contributed by atoms with Gasteiger partial charge < -0.3 is 0 Å². The number of hydrogen-bond donors (Lipinski definition) is 0.